The first-order valence-corrected chi connectivity index (χ1v) is 4.83. The summed E-state index contributed by atoms with van der Waals surface area (Å²) in [7, 11) is 2.09. The van der Waals surface area contributed by atoms with Crippen LogP contribution >= 0.6 is 0 Å². The van der Waals surface area contributed by atoms with E-state index in [2.05, 4.69) is 60.2 Å². The third kappa shape index (κ3) is 1.41. The normalized spacial score (nSPS) is 11.3. The SMILES string of the molecule is C/C=C/c1ccc2ccccc2[n+]1C. The number of benzene rings is 1. The smallest absolute Gasteiger partial charge is 0.195 e. The molecule has 2 rings (SSSR count). The van der Waals surface area contributed by atoms with Crippen molar-refractivity contribution in [1.82, 2.24) is 0 Å². The van der Waals surface area contributed by atoms with Crippen molar-refractivity contribution in [2.45, 2.75) is 6.92 Å². The Morgan fingerprint density at radius 2 is 1.86 bits per heavy atom. The van der Waals surface area contributed by atoms with Crippen LogP contribution in [0.5, 0.6) is 0 Å². The monoisotopic (exact) mass is 184 g/mol. The molecule has 14 heavy (non-hydrogen) atoms. The number of nitrogens with zero attached hydrogens (tertiary/aromatic N) is 1. The molecule has 0 unspecified atom stereocenters. The van der Waals surface area contributed by atoms with E-state index < -0.39 is 0 Å². The number of pyridine rings is 1. The first kappa shape index (κ1) is 8.95. The Balaban J connectivity index is 2.75. The second-order valence-corrected chi connectivity index (χ2v) is 3.38. The minimum absolute atomic E-state index is 1.23. The Morgan fingerprint density at radius 3 is 2.64 bits per heavy atom. The number of para-hydroxylation sites is 1. The molecule has 70 valence electrons. The molecule has 1 aromatic heterocycles. The van der Waals surface area contributed by atoms with Crippen LogP contribution in [0.25, 0.3) is 17.0 Å². The molecule has 0 aliphatic heterocycles. The van der Waals surface area contributed by atoms with Crippen LogP contribution in [0.1, 0.15) is 12.6 Å². The highest BCUT2D eigenvalue weighted by Crippen LogP contribution is 2.10. The number of hydrogen-bond donors (Lipinski definition) is 0. The fourth-order valence-electron chi connectivity index (χ4n) is 1.70. The highest BCUT2D eigenvalue weighted by Gasteiger charge is 2.07. The van der Waals surface area contributed by atoms with Gasteiger partial charge in [0.15, 0.2) is 0 Å². The van der Waals surface area contributed by atoms with E-state index in [1.807, 2.05) is 6.92 Å². The van der Waals surface area contributed by atoms with Crippen molar-refractivity contribution in [3.8, 4) is 0 Å². The molecule has 2 aromatic rings. The maximum atomic E-state index is 2.20. The largest absolute Gasteiger partial charge is 0.212 e. The summed E-state index contributed by atoms with van der Waals surface area (Å²) in [6.45, 7) is 2.04. The van der Waals surface area contributed by atoms with Gasteiger partial charge in [0.25, 0.3) is 0 Å². The summed E-state index contributed by atoms with van der Waals surface area (Å²) >= 11 is 0. The van der Waals surface area contributed by atoms with Crippen molar-refractivity contribution in [1.29, 1.82) is 0 Å². The van der Waals surface area contributed by atoms with Gasteiger partial charge in [-0.1, -0.05) is 18.2 Å². The van der Waals surface area contributed by atoms with Gasteiger partial charge in [0.2, 0.25) is 11.2 Å². The maximum absolute atomic E-state index is 2.20. The fourth-order valence-corrected chi connectivity index (χ4v) is 1.70. The Labute approximate surface area is 84.3 Å². The average Bonchev–Trinajstić information content (AvgIpc) is 2.23. The molecule has 0 spiro atoms. The van der Waals surface area contributed by atoms with Crippen molar-refractivity contribution < 1.29 is 4.57 Å². The number of hydrogen-bond acceptors (Lipinski definition) is 0. The van der Waals surface area contributed by atoms with Gasteiger partial charge < -0.3 is 0 Å². The van der Waals surface area contributed by atoms with Crippen molar-refractivity contribution in [2.75, 3.05) is 0 Å². The van der Waals surface area contributed by atoms with E-state index in [1.54, 1.807) is 0 Å². The molecule has 0 atom stereocenters. The van der Waals surface area contributed by atoms with Gasteiger partial charge in [-0.15, -0.1) is 0 Å². The first-order chi connectivity index (χ1) is 6.83. The lowest BCUT2D eigenvalue weighted by atomic mass is 10.2. The zero-order chi connectivity index (χ0) is 9.97. The Kier molecular flexibility index (Phi) is 2.32. The van der Waals surface area contributed by atoms with Gasteiger partial charge in [-0.2, -0.15) is 4.57 Å². The van der Waals surface area contributed by atoms with Crippen LogP contribution in [0, 0.1) is 0 Å². The average molecular weight is 184 g/mol. The van der Waals surface area contributed by atoms with Gasteiger partial charge in [-0.05, 0) is 19.1 Å². The zero-order valence-corrected chi connectivity index (χ0v) is 8.57. The summed E-state index contributed by atoms with van der Waals surface area (Å²) < 4.78 is 2.20. The lowest BCUT2D eigenvalue weighted by molar-refractivity contribution is -0.646. The van der Waals surface area contributed by atoms with Crippen molar-refractivity contribution in [3.63, 3.8) is 0 Å². The predicted octanol–water partition coefficient (Wildman–Crippen LogP) is 2.70. The molecular formula is C13H14N+. The van der Waals surface area contributed by atoms with Crippen LogP contribution in [0.4, 0.5) is 0 Å². The number of aromatic nitrogens is 1. The molecule has 0 bridgehead atoms. The summed E-state index contributed by atoms with van der Waals surface area (Å²) in [5.41, 5.74) is 2.49. The van der Waals surface area contributed by atoms with Gasteiger partial charge in [0, 0.05) is 23.6 Å². The van der Waals surface area contributed by atoms with Gasteiger partial charge >= 0.3 is 0 Å². The summed E-state index contributed by atoms with van der Waals surface area (Å²) in [5.74, 6) is 0. The van der Waals surface area contributed by atoms with Crippen LogP contribution in [0.3, 0.4) is 0 Å². The molecule has 0 saturated heterocycles. The van der Waals surface area contributed by atoms with Crippen LogP contribution in [-0.2, 0) is 7.05 Å². The molecule has 0 N–H and O–H groups in total. The summed E-state index contributed by atoms with van der Waals surface area (Å²) in [4.78, 5) is 0. The molecule has 1 heterocycles. The summed E-state index contributed by atoms with van der Waals surface area (Å²) in [6, 6.07) is 12.7. The second kappa shape index (κ2) is 3.62. The van der Waals surface area contributed by atoms with E-state index in [0.717, 1.165) is 0 Å². The fraction of sp³-hybridized carbons (Fsp3) is 0.154. The van der Waals surface area contributed by atoms with E-state index in [-0.39, 0.29) is 0 Å². The van der Waals surface area contributed by atoms with E-state index in [9.17, 15) is 0 Å². The number of fused-ring (bicyclic) bond motifs is 1. The minimum atomic E-state index is 1.23. The molecule has 0 aliphatic carbocycles. The molecule has 1 nitrogen and oxygen atoms in total. The highest BCUT2D eigenvalue weighted by molar-refractivity contribution is 5.75. The Hall–Kier alpha value is -1.63. The topological polar surface area (TPSA) is 3.88 Å². The van der Waals surface area contributed by atoms with E-state index in [1.165, 1.54) is 16.6 Å². The van der Waals surface area contributed by atoms with Gasteiger partial charge in [0.05, 0.1) is 0 Å². The Morgan fingerprint density at radius 1 is 1.07 bits per heavy atom. The minimum Gasteiger partial charge on any atom is -0.195 e. The van der Waals surface area contributed by atoms with E-state index >= 15 is 0 Å². The lowest BCUT2D eigenvalue weighted by Crippen LogP contribution is -2.32. The molecular weight excluding hydrogens is 170 g/mol. The van der Waals surface area contributed by atoms with Gasteiger partial charge in [-0.25, -0.2) is 0 Å². The van der Waals surface area contributed by atoms with Crippen LogP contribution in [0.2, 0.25) is 0 Å². The number of aryl methyl sites for hydroxylation is 1. The molecule has 0 radical (unpaired) electrons. The van der Waals surface area contributed by atoms with E-state index in [0.29, 0.717) is 0 Å². The van der Waals surface area contributed by atoms with Gasteiger partial charge in [-0.3, -0.25) is 0 Å². The van der Waals surface area contributed by atoms with E-state index in [4.69, 9.17) is 0 Å². The van der Waals surface area contributed by atoms with Crippen LogP contribution < -0.4 is 4.57 Å². The quantitative estimate of drug-likeness (QED) is 0.600. The maximum Gasteiger partial charge on any atom is 0.212 e. The zero-order valence-electron chi connectivity index (χ0n) is 8.57. The predicted molar refractivity (Wildman–Crippen MR) is 59.8 cm³/mol. The van der Waals surface area contributed by atoms with Crippen molar-refractivity contribution in [3.05, 3.63) is 48.2 Å². The second-order valence-electron chi connectivity index (χ2n) is 3.38. The highest BCUT2D eigenvalue weighted by atomic mass is 14.9. The third-order valence-corrected chi connectivity index (χ3v) is 2.46. The van der Waals surface area contributed by atoms with Crippen molar-refractivity contribution >= 4 is 17.0 Å². The third-order valence-electron chi connectivity index (χ3n) is 2.46. The Bertz CT molecular complexity index is 484. The first-order valence-electron chi connectivity index (χ1n) is 4.83. The summed E-state index contributed by atoms with van der Waals surface area (Å²) in [5, 5.41) is 1.28. The molecule has 0 fully saturated rings. The van der Waals surface area contributed by atoms with Crippen molar-refractivity contribution in [2.24, 2.45) is 7.05 Å². The molecule has 1 aromatic carbocycles. The molecule has 0 amide bonds. The number of rotatable bonds is 1. The molecule has 1 heteroatoms. The molecule has 0 aliphatic rings. The summed E-state index contributed by atoms with van der Waals surface area (Å²) in [6.07, 6.45) is 4.18. The van der Waals surface area contributed by atoms with Crippen LogP contribution in [-0.4, -0.2) is 0 Å². The van der Waals surface area contributed by atoms with Crippen LogP contribution in [0.15, 0.2) is 42.5 Å². The standard InChI is InChI=1S/C13H14N/c1-3-6-12-10-9-11-7-4-5-8-13(11)14(12)2/h3-10H,1-2H3/q+1/b6-3+. The van der Waals surface area contributed by atoms with Gasteiger partial charge in [0.1, 0.15) is 7.05 Å². The lowest BCUT2D eigenvalue weighted by Gasteiger charge is -1.98. The number of allylic oxidation sites excluding steroid dienone is 1. The molecule has 0 saturated carbocycles.